The van der Waals surface area contributed by atoms with E-state index in [-0.39, 0.29) is 5.92 Å². The van der Waals surface area contributed by atoms with E-state index in [4.69, 9.17) is 11.0 Å². The van der Waals surface area contributed by atoms with Crippen molar-refractivity contribution < 1.29 is 5.21 Å². The molecule has 0 saturated heterocycles. The number of hydrogen-bond acceptors (Lipinski definition) is 5. The lowest BCUT2D eigenvalue weighted by atomic mass is 9.98. The summed E-state index contributed by atoms with van der Waals surface area (Å²) in [4.78, 5) is 4.06. The molecule has 0 spiro atoms. The van der Waals surface area contributed by atoms with Crippen molar-refractivity contribution in [3.63, 3.8) is 0 Å². The molecule has 0 aliphatic carbocycles. The summed E-state index contributed by atoms with van der Waals surface area (Å²) in [5.74, 6) is 5.90. The summed E-state index contributed by atoms with van der Waals surface area (Å²) in [5, 5.41) is 11.8. The molecule has 0 aromatic carbocycles. The van der Waals surface area contributed by atoms with E-state index < -0.39 is 0 Å². The van der Waals surface area contributed by atoms with Gasteiger partial charge in [0.15, 0.2) is 0 Å². The van der Waals surface area contributed by atoms with Crippen molar-refractivity contribution >= 4 is 11.5 Å². The molecule has 5 heteroatoms. The molecule has 0 saturated carbocycles. The van der Waals surface area contributed by atoms with Crippen LogP contribution in [0.2, 0.25) is 0 Å². The van der Waals surface area contributed by atoms with Gasteiger partial charge in [-0.25, -0.2) is 10.8 Å². The number of nitrogens with zero attached hydrogens (tertiary/aromatic N) is 2. The second-order valence-corrected chi connectivity index (χ2v) is 3.05. The monoisotopic (exact) mass is 194 g/mol. The van der Waals surface area contributed by atoms with Gasteiger partial charge in [-0.2, -0.15) is 0 Å². The van der Waals surface area contributed by atoms with Crippen molar-refractivity contribution in [2.24, 2.45) is 11.0 Å². The van der Waals surface area contributed by atoms with Crippen LogP contribution in [0.3, 0.4) is 0 Å². The van der Waals surface area contributed by atoms with Gasteiger partial charge in [0.25, 0.3) is 0 Å². The molecule has 0 amide bonds. The highest BCUT2D eigenvalue weighted by atomic mass is 16.4. The summed E-state index contributed by atoms with van der Waals surface area (Å²) in [6.45, 7) is 3.67. The fourth-order valence-electron chi connectivity index (χ4n) is 1.20. The topological polar surface area (TPSA) is 83.5 Å². The third kappa shape index (κ3) is 2.00. The van der Waals surface area contributed by atoms with Crippen molar-refractivity contribution in [1.82, 2.24) is 4.98 Å². The number of oxime groups is 1. The Labute approximate surface area is 82.6 Å². The summed E-state index contributed by atoms with van der Waals surface area (Å²) in [6.07, 6.45) is 1.65. The maximum Gasteiger partial charge on any atom is 0.143 e. The molecular weight excluding hydrogens is 180 g/mol. The molecule has 0 aliphatic rings. The Morgan fingerprint density at radius 2 is 2.43 bits per heavy atom. The maximum absolute atomic E-state index is 8.65. The molecule has 1 unspecified atom stereocenters. The van der Waals surface area contributed by atoms with Crippen LogP contribution in [0.25, 0.3) is 0 Å². The number of nitrogens with two attached hydrogens (primary N) is 1. The highest BCUT2D eigenvalue weighted by Gasteiger charge is 2.13. The summed E-state index contributed by atoms with van der Waals surface area (Å²) in [6, 6.07) is 3.71. The van der Waals surface area contributed by atoms with Crippen LogP contribution in [0.15, 0.2) is 23.5 Å². The zero-order valence-electron chi connectivity index (χ0n) is 8.23. The van der Waals surface area contributed by atoms with E-state index in [2.05, 4.69) is 15.6 Å². The summed E-state index contributed by atoms with van der Waals surface area (Å²) < 4.78 is 0. The lowest BCUT2D eigenvalue weighted by Crippen LogP contribution is -2.14. The fourth-order valence-corrected chi connectivity index (χ4v) is 1.20. The largest absolute Gasteiger partial charge is 0.411 e. The third-order valence-electron chi connectivity index (χ3n) is 2.23. The molecule has 76 valence electrons. The molecular formula is C9H14N4O. The number of pyridine rings is 1. The second-order valence-electron chi connectivity index (χ2n) is 3.05. The summed E-state index contributed by atoms with van der Waals surface area (Å²) in [7, 11) is 0. The van der Waals surface area contributed by atoms with Crippen LogP contribution in [-0.4, -0.2) is 15.9 Å². The first kappa shape index (κ1) is 10.5. The molecule has 0 fully saturated rings. The van der Waals surface area contributed by atoms with Gasteiger partial charge in [-0.1, -0.05) is 18.1 Å². The first-order valence-electron chi connectivity index (χ1n) is 4.30. The first-order chi connectivity index (χ1) is 6.70. The van der Waals surface area contributed by atoms with E-state index in [9.17, 15) is 0 Å². The van der Waals surface area contributed by atoms with E-state index in [0.29, 0.717) is 11.5 Å². The molecule has 0 radical (unpaired) electrons. The number of aromatic nitrogens is 1. The fraction of sp³-hybridized carbons (Fsp3) is 0.333. The van der Waals surface area contributed by atoms with Crippen molar-refractivity contribution in [1.29, 1.82) is 0 Å². The SMILES string of the molecule is CC(=NO)C(C)c1cccnc1NN. The van der Waals surface area contributed by atoms with Crippen LogP contribution in [0.5, 0.6) is 0 Å². The van der Waals surface area contributed by atoms with Gasteiger partial charge in [0.05, 0.1) is 5.71 Å². The van der Waals surface area contributed by atoms with Crippen LogP contribution in [0.4, 0.5) is 5.82 Å². The van der Waals surface area contributed by atoms with Gasteiger partial charge in [0.1, 0.15) is 5.82 Å². The number of nitrogens with one attached hydrogen (secondary N) is 1. The lowest BCUT2D eigenvalue weighted by Gasteiger charge is -2.13. The maximum atomic E-state index is 8.65. The van der Waals surface area contributed by atoms with Gasteiger partial charge in [0.2, 0.25) is 0 Å². The molecule has 5 nitrogen and oxygen atoms in total. The minimum absolute atomic E-state index is 0.0141. The van der Waals surface area contributed by atoms with Gasteiger partial charge in [-0.3, -0.25) is 0 Å². The van der Waals surface area contributed by atoms with Crippen LogP contribution in [0, 0.1) is 0 Å². The molecule has 1 rings (SSSR count). The van der Waals surface area contributed by atoms with Gasteiger partial charge in [0, 0.05) is 17.7 Å². The van der Waals surface area contributed by atoms with Crippen LogP contribution in [-0.2, 0) is 0 Å². The van der Waals surface area contributed by atoms with E-state index in [1.807, 2.05) is 19.1 Å². The number of hydrazine groups is 1. The van der Waals surface area contributed by atoms with E-state index in [0.717, 1.165) is 5.56 Å². The average molecular weight is 194 g/mol. The highest BCUT2D eigenvalue weighted by Crippen LogP contribution is 2.22. The zero-order chi connectivity index (χ0) is 10.6. The Morgan fingerprint density at radius 1 is 1.71 bits per heavy atom. The zero-order valence-corrected chi connectivity index (χ0v) is 8.23. The van der Waals surface area contributed by atoms with Crippen LogP contribution < -0.4 is 11.3 Å². The van der Waals surface area contributed by atoms with Crippen molar-refractivity contribution in [2.75, 3.05) is 5.43 Å². The third-order valence-corrected chi connectivity index (χ3v) is 2.23. The van der Waals surface area contributed by atoms with E-state index >= 15 is 0 Å². The lowest BCUT2D eigenvalue weighted by molar-refractivity contribution is 0.316. The Bertz CT molecular complexity index is 337. The van der Waals surface area contributed by atoms with Crippen LogP contribution in [0.1, 0.15) is 25.3 Å². The van der Waals surface area contributed by atoms with Crippen molar-refractivity contribution in [3.05, 3.63) is 23.9 Å². The minimum atomic E-state index is -0.0141. The predicted octanol–water partition coefficient (Wildman–Crippen LogP) is 1.32. The normalized spacial score (nSPS) is 13.8. The summed E-state index contributed by atoms with van der Waals surface area (Å²) in [5.41, 5.74) is 4.04. The molecule has 1 heterocycles. The molecule has 14 heavy (non-hydrogen) atoms. The van der Waals surface area contributed by atoms with Crippen LogP contribution >= 0.6 is 0 Å². The first-order valence-corrected chi connectivity index (χ1v) is 4.30. The standard InChI is InChI=1S/C9H14N4O/c1-6(7(2)13-14)8-4-3-5-11-9(8)12-10/h3-6,14H,10H2,1-2H3,(H,11,12). The molecule has 1 aromatic heterocycles. The quantitative estimate of drug-likeness (QED) is 0.293. The van der Waals surface area contributed by atoms with Gasteiger partial charge >= 0.3 is 0 Å². The Morgan fingerprint density at radius 3 is 3.00 bits per heavy atom. The smallest absolute Gasteiger partial charge is 0.143 e. The minimum Gasteiger partial charge on any atom is -0.411 e. The Balaban J connectivity index is 3.05. The molecule has 0 aliphatic heterocycles. The second kappa shape index (κ2) is 4.57. The number of hydrogen-bond donors (Lipinski definition) is 3. The Hall–Kier alpha value is -1.62. The summed E-state index contributed by atoms with van der Waals surface area (Å²) >= 11 is 0. The molecule has 0 bridgehead atoms. The molecule has 1 atom stereocenters. The number of nitrogen functional groups attached to an aromatic ring is 1. The number of rotatable bonds is 3. The van der Waals surface area contributed by atoms with Gasteiger partial charge in [-0.15, -0.1) is 0 Å². The number of anilines is 1. The van der Waals surface area contributed by atoms with Gasteiger partial charge in [-0.05, 0) is 13.0 Å². The van der Waals surface area contributed by atoms with Crippen molar-refractivity contribution in [2.45, 2.75) is 19.8 Å². The van der Waals surface area contributed by atoms with Gasteiger partial charge < -0.3 is 10.6 Å². The van der Waals surface area contributed by atoms with Crippen molar-refractivity contribution in [3.8, 4) is 0 Å². The van der Waals surface area contributed by atoms with E-state index in [1.54, 1.807) is 13.1 Å². The average Bonchev–Trinajstić information content (AvgIpc) is 2.26. The molecule has 1 aromatic rings. The van der Waals surface area contributed by atoms with E-state index in [1.165, 1.54) is 0 Å². The Kier molecular flexibility index (Phi) is 3.41. The highest BCUT2D eigenvalue weighted by molar-refractivity contribution is 5.89. The molecule has 4 N–H and O–H groups in total. The predicted molar refractivity (Wildman–Crippen MR) is 55.4 cm³/mol.